The molecule has 1 aromatic carbocycles. The summed E-state index contributed by atoms with van der Waals surface area (Å²) in [5.74, 6) is 0.802. The number of pyridine rings is 1. The van der Waals surface area contributed by atoms with E-state index in [9.17, 15) is 8.42 Å². The number of nitrogens with zero attached hydrogens (tertiary/aromatic N) is 3. The first-order chi connectivity index (χ1) is 11.9. The summed E-state index contributed by atoms with van der Waals surface area (Å²) >= 11 is 0. The Labute approximate surface area is 145 Å². The lowest BCUT2D eigenvalue weighted by molar-refractivity contribution is 0.0723. The maximum Gasteiger partial charge on any atom is 0.248 e. The van der Waals surface area contributed by atoms with Crippen LogP contribution in [0.5, 0.6) is 5.88 Å². The summed E-state index contributed by atoms with van der Waals surface area (Å²) in [7, 11) is -3.60. The predicted octanol–water partition coefficient (Wildman–Crippen LogP) is 2.29. The van der Waals surface area contributed by atoms with Crippen LogP contribution in [-0.4, -0.2) is 42.1 Å². The van der Waals surface area contributed by atoms with E-state index in [2.05, 4.69) is 10.1 Å². The molecule has 1 saturated heterocycles. The quantitative estimate of drug-likeness (QED) is 0.710. The maximum atomic E-state index is 12.6. The molecule has 25 heavy (non-hydrogen) atoms. The third kappa shape index (κ3) is 2.77. The van der Waals surface area contributed by atoms with Crippen molar-refractivity contribution in [2.45, 2.75) is 24.8 Å². The lowest BCUT2D eigenvalue weighted by Crippen LogP contribution is -2.56. The third-order valence-electron chi connectivity index (χ3n) is 4.24. The highest BCUT2D eigenvalue weighted by Gasteiger charge is 2.41. The smallest absolute Gasteiger partial charge is 0.248 e. The molecule has 1 aliphatic rings. The Morgan fingerprint density at radius 1 is 1.16 bits per heavy atom. The van der Waals surface area contributed by atoms with Crippen molar-refractivity contribution in [1.29, 1.82) is 0 Å². The van der Waals surface area contributed by atoms with Gasteiger partial charge < -0.3 is 9.26 Å². The first kappa shape index (κ1) is 16.0. The van der Waals surface area contributed by atoms with Crippen LogP contribution in [0.3, 0.4) is 0 Å². The summed E-state index contributed by atoms with van der Waals surface area (Å²) in [4.78, 5) is 4.60. The van der Waals surface area contributed by atoms with Gasteiger partial charge in [-0.1, -0.05) is 23.4 Å². The topological polar surface area (TPSA) is 85.5 Å². The van der Waals surface area contributed by atoms with Gasteiger partial charge >= 0.3 is 0 Å². The Bertz CT molecular complexity index is 1020. The number of sulfonamides is 1. The summed E-state index contributed by atoms with van der Waals surface area (Å²) in [6.07, 6.45) is -0.219. The Hall–Kier alpha value is -2.45. The fourth-order valence-corrected chi connectivity index (χ4v) is 4.72. The minimum atomic E-state index is -3.60. The van der Waals surface area contributed by atoms with Crippen LogP contribution < -0.4 is 4.74 Å². The van der Waals surface area contributed by atoms with Gasteiger partial charge in [0.25, 0.3) is 0 Å². The molecule has 0 saturated carbocycles. The number of aryl methyl sites for hydroxylation is 2. The molecule has 0 radical (unpaired) electrons. The van der Waals surface area contributed by atoms with Gasteiger partial charge in [-0.15, -0.1) is 0 Å². The number of ether oxygens (including phenoxy) is 1. The van der Waals surface area contributed by atoms with Crippen molar-refractivity contribution in [3.05, 3.63) is 47.9 Å². The molecule has 3 aromatic rings. The Kier molecular flexibility index (Phi) is 3.73. The summed E-state index contributed by atoms with van der Waals surface area (Å²) in [5.41, 5.74) is 1.22. The Balaban J connectivity index is 1.46. The molecule has 0 spiro atoms. The van der Waals surface area contributed by atoms with E-state index in [0.717, 1.165) is 10.9 Å². The van der Waals surface area contributed by atoms with Crippen LogP contribution in [0.15, 0.2) is 45.8 Å². The normalized spacial score (nSPS) is 16.1. The van der Waals surface area contributed by atoms with Gasteiger partial charge in [-0.3, -0.25) is 0 Å². The number of fused-ring (bicyclic) bond motifs is 1. The first-order valence-electron chi connectivity index (χ1n) is 7.90. The van der Waals surface area contributed by atoms with E-state index in [1.165, 1.54) is 4.31 Å². The summed E-state index contributed by atoms with van der Waals surface area (Å²) in [6, 6.07) is 11.5. The molecule has 1 fully saturated rings. The predicted molar refractivity (Wildman–Crippen MR) is 90.9 cm³/mol. The van der Waals surface area contributed by atoms with Crippen molar-refractivity contribution >= 4 is 20.9 Å². The van der Waals surface area contributed by atoms with E-state index >= 15 is 0 Å². The van der Waals surface area contributed by atoms with Crippen molar-refractivity contribution in [1.82, 2.24) is 14.4 Å². The second-order valence-electron chi connectivity index (χ2n) is 6.06. The van der Waals surface area contributed by atoms with Gasteiger partial charge in [-0.05, 0) is 26.0 Å². The van der Waals surface area contributed by atoms with Crippen molar-refractivity contribution in [2.75, 3.05) is 13.1 Å². The van der Waals surface area contributed by atoms with E-state index in [4.69, 9.17) is 9.26 Å². The van der Waals surface area contributed by atoms with Gasteiger partial charge in [0, 0.05) is 11.5 Å². The summed E-state index contributed by atoms with van der Waals surface area (Å²) < 4.78 is 37.4. The molecule has 0 atom stereocenters. The molecule has 0 amide bonds. The van der Waals surface area contributed by atoms with Gasteiger partial charge in [0.15, 0.2) is 5.76 Å². The van der Waals surface area contributed by atoms with E-state index in [1.807, 2.05) is 30.3 Å². The maximum absolute atomic E-state index is 12.6. The number of hydrogen-bond donors (Lipinski definition) is 0. The van der Waals surface area contributed by atoms with E-state index in [-0.39, 0.29) is 24.1 Å². The minimum Gasteiger partial charge on any atom is -0.472 e. The SMILES string of the molecule is Cc1noc(C)c1S(=O)(=O)N1CC(Oc2ccc3ccccc3n2)C1. The lowest BCUT2D eigenvalue weighted by Gasteiger charge is -2.37. The molecule has 2 aromatic heterocycles. The zero-order chi connectivity index (χ0) is 17.6. The highest BCUT2D eigenvalue weighted by molar-refractivity contribution is 7.89. The van der Waals surface area contributed by atoms with Crippen molar-refractivity contribution in [2.24, 2.45) is 0 Å². The number of hydrogen-bond acceptors (Lipinski definition) is 6. The molecule has 0 N–H and O–H groups in total. The molecule has 1 aliphatic heterocycles. The van der Waals surface area contributed by atoms with E-state index in [0.29, 0.717) is 17.3 Å². The third-order valence-corrected chi connectivity index (χ3v) is 6.32. The molecule has 0 aliphatic carbocycles. The van der Waals surface area contributed by atoms with Gasteiger partial charge in [-0.2, -0.15) is 4.31 Å². The van der Waals surface area contributed by atoms with Gasteiger partial charge in [-0.25, -0.2) is 13.4 Å². The van der Waals surface area contributed by atoms with Gasteiger partial charge in [0.05, 0.1) is 18.6 Å². The van der Waals surface area contributed by atoms with Gasteiger partial charge in [0.1, 0.15) is 16.7 Å². The van der Waals surface area contributed by atoms with Crippen LogP contribution in [0, 0.1) is 13.8 Å². The van der Waals surface area contributed by atoms with Gasteiger partial charge in [0.2, 0.25) is 15.9 Å². The van der Waals surface area contributed by atoms with Crippen LogP contribution in [0.2, 0.25) is 0 Å². The molecule has 8 heteroatoms. The molecule has 0 bridgehead atoms. The number of aromatic nitrogens is 2. The average Bonchev–Trinajstić information content (AvgIpc) is 2.89. The van der Waals surface area contributed by atoms with Crippen LogP contribution in [-0.2, 0) is 10.0 Å². The molecule has 3 heterocycles. The number of rotatable bonds is 4. The summed E-state index contributed by atoms with van der Waals surface area (Å²) in [5, 5.41) is 4.75. The Morgan fingerprint density at radius 3 is 2.64 bits per heavy atom. The van der Waals surface area contributed by atoms with Crippen molar-refractivity contribution in [3.8, 4) is 5.88 Å². The highest BCUT2D eigenvalue weighted by atomic mass is 32.2. The Morgan fingerprint density at radius 2 is 1.92 bits per heavy atom. The molecular weight excluding hydrogens is 342 g/mol. The molecule has 0 unspecified atom stereocenters. The zero-order valence-corrected chi connectivity index (χ0v) is 14.7. The molecule has 7 nitrogen and oxygen atoms in total. The fraction of sp³-hybridized carbons (Fsp3) is 0.294. The monoisotopic (exact) mass is 359 g/mol. The van der Waals surface area contributed by atoms with Crippen LogP contribution in [0.1, 0.15) is 11.5 Å². The standard InChI is InChI=1S/C17H17N3O4S/c1-11-17(12(2)24-19-11)25(21,22)20-9-14(10-20)23-16-8-7-13-5-3-4-6-15(13)18-16/h3-8,14H,9-10H2,1-2H3. The van der Waals surface area contributed by atoms with E-state index in [1.54, 1.807) is 19.9 Å². The number of para-hydroxylation sites is 1. The van der Waals surface area contributed by atoms with Crippen LogP contribution in [0.25, 0.3) is 10.9 Å². The second-order valence-corrected chi connectivity index (χ2v) is 7.93. The molecular formula is C17H17N3O4S. The summed E-state index contributed by atoms with van der Waals surface area (Å²) in [6.45, 7) is 3.78. The average molecular weight is 359 g/mol. The molecule has 130 valence electrons. The van der Waals surface area contributed by atoms with Crippen LogP contribution in [0.4, 0.5) is 0 Å². The zero-order valence-electron chi connectivity index (χ0n) is 13.8. The van der Waals surface area contributed by atoms with Crippen LogP contribution >= 0.6 is 0 Å². The molecule has 4 rings (SSSR count). The second kappa shape index (κ2) is 5.82. The van der Waals surface area contributed by atoms with E-state index < -0.39 is 10.0 Å². The first-order valence-corrected chi connectivity index (χ1v) is 9.34. The highest BCUT2D eigenvalue weighted by Crippen LogP contribution is 2.28. The fourth-order valence-electron chi connectivity index (χ4n) is 2.93. The lowest BCUT2D eigenvalue weighted by atomic mass is 10.2. The van der Waals surface area contributed by atoms with Crippen molar-refractivity contribution < 1.29 is 17.7 Å². The minimum absolute atomic E-state index is 0.148. The number of benzene rings is 1. The largest absolute Gasteiger partial charge is 0.472 e. The van der Waals surface area contributed by atoms with Crippen molar-refractivity contribution in [3.63, 3.8) is 0 Å².